The normalized spacial score (nSPS) is 17.4. The van der Waals surface area contributed by atoms with Crippen LogP contribution in [-0.2, 0) is 0 Å². The Labute approximate surface area is 321 Å². The monoisotopic (exact) mass is 671 g/mol. The summed E-state index contributed by atoms with van der Waals surface area (Å²) in [6.07, 6.45) is 0. The Hall–Kier alpha value is -6.98. The minimum Gasteiger partial charge on any atom is -0.309 e. The highest BCUT2D eigenvalue weighted by atomic mass is 15.1. The molecule has 238 valence electrons. The van der Waals surface area contributed by atoms with Crippen molar-refractivity contribution in [2.24, 2.45) is 0 Å². The van der Waals surface area contributed by atoms with Crippen molar-refractivity contribution < 1.29 is 27.4 Å². The van der Waals surface area contributed by atoms with Crippen molar-refractivity contribution in [1.82, 2.24) is 23.7 Å². The molecule has 5 nitrogen and oxygen atoms in total. The first kappa shape index (κ1) is 14.9. The van der Waals surface area contributed by atoms with E-state index in [1.54, 1.807) is 41.0 Å². The average Bonchev–Trinajstić information content (AvgIpc) is 4.04. The Balaban J connectivity index is 1.43. The number of aromatic nitrogens is 5. The molecule has 0 saturated carbocycles. The molecule has 0 bridgehead atoms. The van der Waals surface area contributed by atoms with Gasteiger partial charge in [0.05, 0.1) is 66.2 Å². The van der Waals surface area contributed by atoms with Gasteiger partial charge in [0.15, 0.2) is 5.82 Å². The molecule has 0 aliphatic heterocycles. The molecule has 0 radical (unpaired) electrons. The smallest absolute Gasteiger partial charge is 0.166 e. The van der Waals surface area contributed by atoms with Crippen molar-refractivity contribution in [2.45, 2.75) is 0 Å². The number of nitrogens with zero attached hydrogens (tertiary/aromatic N) is 5. The van der Waals surface area contributed by atoms with Gasteiger partial charge in [0, 0.05) is 43.9 Å². The Kier molecular flexibility index (Phi) is 3.14. The van der Waals surface area contributed by atoms with E-state index in [9.17, 15) is 8.22 Å². The predicted octanol–water partition coefficient (Wildman–Crippen LogP) is 11.4. The number of fused-ring (bicyclic) bond motifs is 9. The molecule has 11 rings (SSSR count). The summed E-state index contributed by atoms with van der Waals surface area (Å²) in [6.45, 7) is 0. The molecule has 0 atom stereocenters. The van der Waals surface area contributed by atoms with E-state index in [1.165, 1.54) is 0 Å². The van der Waals surface area contributed by atoms with Crippen LogP contribution in [0.15, 0.2) is 175 Å². The van der Waals surface area contributed by atoms with Gasteiger partial charge in [0.25, 0.3) is 0 Å². The Bertz CT molecular complexity index is 3920. The first-order valence-corrected chi connectivity index (χ1v) is 15.6. The van der Waals surface area contributed by atoms with Crippen LogP contribution in [0.25, 0.3) is 94.1 Å². The maximum atomic E-state index is 9.60. The maximum Gasteiger partial charge on any atom is 0.166 e. The van der Waals surface area contributed by atoms with E-state index < -0.39 is 160 Å². The molecule has 0 unspecified atom stereocenters. The second-order valence-electron chi connectivity index (χ2n) is 11.6. The maximum absolute atomic E-state index is 9.60. The number of para-hydroxylation sites is 7. The highest BCUT2D eigenvalue weighted by Crippen LogP contribution is 2.38. The molecule has 0 N–H and O–H groups in total. The average molecular weight is 672 g/mol. The SMILES string of the molecule is [2H]c1c([2H])c([2H])c(-n2c3ccccc3c3ccccc32)c(-c2nc(-n3c4c([2H])c([2H])c([2H])c([2H])c4c4c([2H])c([2H])c([2H])c([2H])c43)cc(-n3c4c([2H])c([2H])c([2H])c([2H])c4c4c([2H])c([2H])c([2H])c([2H])c43)n2)c1[2H]. The molecule has 5 heteroatoms. The zero-order valence-corrected chi connectivity index (χ0v) is 25.9. The standard InChI is InChI=1S/C46H29N5/c1-8-22-37-30(15-1)31-16-2-9-23-38(31)49(37)43-28-14-7-21-36(43)46-47-44(50-39-24-10-3-17-32(39)33-18-4-11-25-40(33)50)29-45(48-46)51-41-26-12-5-19-34(41)35-20-6-13-27-42(35)51/h1-29H/i3D,4D,5D,6D,7D,10D,11D,12D,13D,14D,17D,18D,19D,20D,21D,24D,25D,26D,27D,28D. The van der Waals surface area contributed by atoms with E-state index in [2.05, 4.69) is 0 Å². The molecule has 0 aliphatic carbocycles. The molecule has 11 aromatic rings. The molecule has 0 saturated heterocycles. The van der Waals surface area contributed by atoms with Gasteiger partial charge in [-0.05, 0) is 48.4 Å². The van der Waals surface area contributed by atoms with E-state index in [1.807, 2.05) is 12.1 Å². The molecule has 51 heavy (non-hydrogen) atoms. The minimum absolute atomic E-state index is 0.186. The number of hydrogen-bond acceptors (Lipinski definition) is 2. The van der Waals surface area contributed by atoms with Crippen LogP contribution in [0.1, 0.15) is 27.4 Å². The minimum atomic E-state index is -0.767. The van der Waals surface area contributed by atoms with Crippen LogP contribution in [-0.4, -0.2) is 23.7 Å². The van der Waals surface area contributed by atoms with Crippen LogP contribution in [0.4, 0.5) is 0 Å². The molecule has 0 aliphatic rings. The molecular formula is C46H29N5. The van der Waals surface area contributed by atoms with Crippen LogP contribution >= 0.6 is 0 Å². The van der Waals surface area contributed by atoms with Crippen LogP contribution in [0.2, 0.25) is 0 Å². The van der Waals surface area contributed by atoms with Gasteiger partial charge in [-0.3, -0.25) is 9.13 Å². The van der Waals surface area contributed by atoms with E-state index in [0.29, 0.717) is 21.8 Å². The van der Waals surface area contributed by atoms with Gasteiger partial charge in [-0.25, -0.2) is 9.97 Å². The first-order chi connectivity index (χ1) is 33.6. The summed E-state index contributed by atoms with van der Waals surface area (Å²) in [5.74, 6) is -1.48. The second-order valence-corrected chi connectivity index (χ2v) is 11.6. The number of benzene rings is 7. The highest BCUT2D eigenvalue weighted by molar-refractivity contribution is 6.11. The van der Waals surface area contributed by atoms with Crippen molar-refractivity contribution in [1.29, 1.82) is 0 Å². The van der Waals surface area contributed by atoms with Gasteiger partial charge >= 0.3 is 0 Å². The van der Waals surface area contributed by atoms with E-state index in [0.717, 1.165) is 15.2 Å². The van der Waals surface area contributed by atoms with Crippen LogP contribution < -0.4 is 0 Å². The van der Waals surface area contributed by atoms with E-state index >= 15 is 0 Å². The van der Waals surface area contributed by atoms with Crippen molar-refractivity contribution in [2.75, 3.05) is 0 Å². The van der Waals surface area contributed by atoms with Gasteiger partial charge in [0.1, 0.15) is 11.6 Å². The van der Waals surface area contributed by atoms with Crippen molar-refractivity contribution in [3.8, 4) is 28.7 Å². The first-order valence-electron chi connectivity index (χ1n) is 25.6. The van der Waals surface area contributed by atoms with Crippen molar-refractivity contribution >= 4 is 65.4 Å². The summed E-state index contributed by atoms with van der Waals surface area (Å²) in [5, 5.41) is 0.0254. The zero-order chi connectivity index (χ0) is 50.9. The van der Waals surface area contributed by atoms with Gasteiger partial charge in [-0.1, -0.05) is 121 Å². The Morgan fingerprint density at radius 3 is 1.24 bits per heavy atom. The van der Waals surface area contributed by atoms with Crippen LogP contribution in [0.3, 0.4) is 0 Å². The van der Waals surface area contributed by atoms with Crippen molar-refractivity contribution in [3.63, 3.8) is 0 Å². The quantitative estimate of drug-likeness (QED) is 0.187. The fraction of sp³-hybridized carbons (Fsp3) is 0. The van der Waals surface area contributed by atoms with Gasteiger partial charge in [0.2, 0.25) is 0 Å². The third kappa shape index (κ3) is 4.03. The summed E-state index contributed by atoms with van der Waals surface area (Å²) in [5.41, 5.74) is -1.21. The Morgan fingerprint density at radius 2 is 0.765 bits per heavy atom. The lowest BCUT2D eigenvalue weighted by atomic mass is 10.1. The lowest BCUT2D eigenvalue weighted by molar-refractivity contribution is 0.991. The largest absolute Gasteiger partial charge is 0.309 e. The topological polar surface area (TPSA) is 40.6 Å². The highest BCUT2D eigenvalue weighted by Gasteiger charge is 2.21. The molecule has 0 fully saturated rings. The lowest BCUT2D eigenvalue weighted by Crippen LogP contribution is -2.07. The fourth-order valence-corrected chi connectivity index (χ4v) is 6.86. The predicted molar refractivity (Wildman–Crippen MR) is 210 cm³/mol. The number of hydrogen-bond donors (Lipinski definition) is 0. The lowest BCUT2D eigenvalue weighted by Gasteiger charge is -2.16. The molecule has 0 spiro atoms. The summed E-state index contributed by atoms with van der Waals surface area (Å²) in [6, 6.07) is 1.06. The molecule has 4 heterocycles. The Morgan fingerprint density at radius 1 is 0.373 bits per heavy atom. The van der Waals surface area contributed by atoms with Crippen molar-refractivity contribution in [3.05, 3.63) is 175 Å². The third-order valence-electron chi connectivity index (χ3n) is 8.92. The summed E-state index contributed by atoms with van der Waals surface area (Å²) < 4.78 is 184. The van der Waals surface area contributed by atoms with Crippen LogP contribution in [0.5, 0.6) is 0 Å². The molecular weight excluding hydrogens is 623 g/mol. The summed E-state index contributed by atoms with van der Waals surface area (Å²) in [7, 11) is 0. The zero-order valence-electron chi connectivity index (χ0n) is 45.9. The molecule has 7 aromatic carbocycles. The molecule has 4 aromatic heterocycles. The second kappa shape index (κ2) is 10.8. The van der Waals surface area contributed by atoms with Gasteiger partial charge in [-0.2, -0.15) is 0 Å². The van der Waals surface area contributed by atoms with Gasteiger partial charge in [-0.15, -0.1) is 0 Å². The van der Waals surface area contributed by atoms with Crippen LogP contribution in [0, 0.1) is 0 Å². The third-order valence-corrected chi connectivity index (χ3v) is 8.92. The molecule has 0 amide bonds. The van der Waals surface area contributed by atoms with Gasteiger partial charge < -0.3 is 4.57 Å². The van der Waals surface area contributed by atoms with E-state index in [4.69, 9.17) is 29.2 Å². The summed E-state index contributed by atoms with van der Waals surface area (Å²) in [4.78, 5) is 9.76. The van der Waals surface area contributed by atoms with E-state index in [-0.39, 0.29) is 32.8 Å². The number of rotatable bonds is 4. The summed E-state index contributed by atoms with van der Waals surface area (Å²) >= 11 is 0. The fourth-order valence-electron chi connectivity index (χ4n) is 6.86.